The standard InChI is InChI=1S/C10H9ClN8O/c1-6-3-7(18(2)17-6)20-10-15-8(11)14-9(16-10)19-5-12-4-13-19/h3-5H,1-2H3. The van der Waals surface area contributed by atoms with Gasteiger partial charge in [0.1, 0.15) is 12.7 Å². The van der Waals surface area contributed by atoms with Crippen LogP contribution in [-0.2, 0) is 7.05 Å². The van der Waals surface area contributed by atoms with Gasteiger partial charge in [-0.05, 0) is 18.5 Å². The van der Waals surface area contributed by atoms with Crippen LogP contribution in [0.25, 0.3) is 5.95 Å². The Hall–Kier alpha value is -2.55. The van der Waals surface area contributed by atoms with Gasteiger partial charge in [0.25, 0.3) is 5.95 Å². The number of hydrogen-bond donors (Lipinski definition) is 0. The van der Waals surface area contributed by atoms with Gasteiger partial charge < -0.3 is 4.74 Å². The van der Waals surface area contributed by atoms with Crippen LogP contribution in [0.3, 0.4) is 0 Å². The monoisotopic (exact) mass is 292 g/mol. The largest absolute Gasteiger partial charge is 0.405 e. The lowest BCUT2D eigenvalue weighted by Crippen LogP contribution is -2.06. The summed E-state index contributed by atoms with van der Waals surface area (Å²) in [5, 5.41) is 8.08. The first-order valence-corrected chi connectivity index (χ1v) is 5.95. The van der Waals surface area contributed by atoms with Gasteiger partial charge in [0.15, 0.2) is 0 Å². The third-order valence-corrected chi connectivity index (χ3v) is 2.52. The van der Waals surface area contributed by atoms with Crippen molar-refractivity contribution in [1.29, 1.82) is 0 Å². The van der Waals surface area contributed by atoms with Gasteiger partial charge in [-0.1, -0.05) is 0 Å². The van der Waals surface area contributed by atoms with Gasteiger partial charge in [-0.15, -0.1) is 0 Å². The molecule has 0 aromatic carbocycles. The SMILES string of the molecule is Cc1cc(Oc2nc(Cl)nc(-n3cncn3)n2)n(C)n1. The highest BCUT2D eigenvalue weighted by Crippen LogP contribution is 2.19. The molecular formula is C10H9ClN8O. The molecule has 10 heteroatoms. The molecule has 0 amide bonds. The summed E-state index contributed by atoms with van der Waals surface area (Å²) in [6.45, 7) is 1.86. The van der Waals surface area contributed by atoms with Gasteiger partial charge in [-0.3, -0.25) is 0 Å². The summed E-state index contributed by atoms with van der Waals surface area (Å²) >= 11 is 5.85. The van der Waals surface area contributed by atoms with Crippen LogP contribution >= 0.6 is 11.6 Å². The van der Waals surface area contributed by atoms with Crippen LogP contribution in [0.4, 0.5) is 0 Å². The number of hydrogen-bond acceptors (Lipinski definition) is 7. The van der Waals surface area contributed by atoms with Crippen molar-refractivity contribution in [3.05, 3.63) is 29.7 Å². The van der Waals surface area contributed by atoms with Gasteiger partial charge in [0, 0.05) is 13.1 Å². The second-order valence-corrected chi connectivity index (χ2v) is 4.21. The fourth-order valence-corrected chi connectivity index (χ4v) is 1.71. The number of aryl methyl sites for hydroxylation is 2. The first kappa shape index (κ1) is 12.5. The van der Waals surface area contributed by atoms with E-state index >= 15 is 0 Å². The highest BCUT2D eigenvalue weighted by atomic mass is 35.5. The molecule has 20 heavy (non-hydrogen) atoms. The molecule has 0 fully saturated rings. The van der Waals surface area contributed by atoms with Crippen molar-refractivity contribution in [2.45, 2.75) is 6.92 Å². The van der Waals surface area contributed by atoms with Crippen molar-refractivity contribution in [3.8, 4) is 17.8 Å². The van der Waals surface area contributed by atoms with Gasteiger partial charge in [-0.25, -0.2) is 9.67 Å². The highest BCUT2D eigenvalue weighted by molar-refractivity contribution is 6.28. The van der Waals surface area contributed by atoms with E-state index in [9.17, 15) is 0 Å². The molecule has 0 atom stereocenters. The predicted octanol–water partition coefficient (Wildman–Crippen LogP) is 0.940. The number of rotatable bonds is 3. The Labute approximate surface area is 118 Å². The molecule has 0 saturated carbocycles. The maximum Gasteiger partial charge on any atom is 0.329 e. The van der Waals surface area contributed by atoms with Crippen LogP contribution in [0.2, 0.25) is 5.28 Å². The molecule has 3 rings (SSSR count). The Morgan fingerprint density at radius 3 is 2.75 bits per heavy atom. The Balaban J connectivity index is 1.96. The Morgan fingerprint density at radius 1 is 1.25 bits per heavy atom. The zero-order chi connectivity index (χ0) is 14.1. The molecule has 0 aliphatic heterocycles. The van der Waals surface area contributed by atoms with E-state index in [1.165, 1.54) is 17.3 Å². The first-order chi connectivity index (χ1) is 9.61. The Kier molecular flexibility index (Phi) is 3.03. The molecule has 3 heterocycles. The zero-order valence-electron chi connectivity index (χ0n) is 10.6. The molecule has 0 radical (unpaired) electrons. The topological polar surface area (TPSA) is 96.4 Å². The van der Waals surface area contributed by atoms with E-state index in [0.717, 1.165) is 5.69 Å². The van der Waals surface area contributed by atoms with E-state index in [-0.39, 0.29) is 17.2 Å². The second-order valence-electron chi connectivity index (χ2n) is 3.88. The van der Waals surface area contributed by atoms with Crippen LogP contribution < -0.4 is 4.74 Å². The van der Waals surface area contributed by atoms with Crippen molar-refractivity contribution >= 4 is 11.6 Å². The lowest BCUT2D eigenvalue weighted by atomic mass is 10.5. The van der Waals surface area contributed by atoms with Crippen LogP contribution in [0.15, 0.2) is 18.7 Å². The molecule has 0 unspecified atom stereocenters. The maximum absolute atomic E-state index is 5.85. The molecular weight excluding hydrogens is 284 g/mol. The molecule has 9 nitrogen and oxygen atoms in total. The summed E-state index contributed by atoms with van der Waals surface area (Å²) in [6, 6.07) is 1.81. The molecule has 3 aromatic heterocycles. The smallest absolute Gasteiger partial charge is 0.329 e. The lowest BCUT2D eigenvalue weighted by molar-refractivity contribution is 0.396. The maximum atomic E-state index is 5.85. The minimum Gasteiger partial charge on any atom is -0.405 e. The van der Waals surface area contributed by atoms with Crippen molar-refractivity contribution in [1.82, 2.24) is 39.5 Å². The van der Waals surface area contributed by atoms with E-state index in [1.54, 1.807) is 17.8 Å². The number of halogens is 1. The Bertz CT molecular complexity index is 738. The predicted molar refractivity (Wildman–Crippen MR) is 67.8 cm³/mol. The summed E-state index contributed by atoms with van der Waals surface area (Å²) in [6.07, 6.45) is 2.81. The van der Waals surface area contributed by atoms with Crippen LogP contribution in [0.5, 0.6) is 11.9 Å². The first-order valence-electron chi connectivity index (χ1n) is 5.57. The molecule has 3 aromatic rings. The van der Waals surface area contributed by atoms with E-state index in [0.29, 0.717) is 5.88 Å². The number of aromatic nitrogens is 8. The second kappa shape index (κ2) is 4.85. The normalized spacial score (nSPS) is 10.8. The Morgan fingerprint density at radius 2 is 2.10 bits per heavy atom. The van der Waals surface area contributed by atoms with Crippen molar-refractivity contribution < 1.29 is 4.74 Å². The molecule has 0 bridgehead atoms. The third kappa shape index (κ3) is 2.43. The molecule has 0 saturated heterocycles. The minimum atomic E-state index is -0.000565. The van der Waals surface area contributed by atoms with Gasteiger partial charge in [0.05, 0.1) is 5.69 Å². The van der Waals surface area contributed by atoms with E-state index in [1.807, 2.05) is 6.92 Å². The average Bonchev–Trinajstić information content (AvgIpc) is 2.99. The van der Waals surface area contributed by atoms with E-state index in [2.05, 4.69) is 30.1 Å². The van der Waals surface area contributed by atoms with Crippen LogP contribution in [-0.4, -0.2) is 39.5 Å². The summed E-state index contributed by atoms with van der Waals surface area (Å²) in [5.41, 5.74) is 0.819. The summed E-state index contributed by atoms with van der Waals surface area (Å²) in [5.74, 6) is 0.714. The molecule has 0 N–H and O–H groups in total. The number of ether oxygens (including phenoxy) is 1. The quantitative estimate of drug-likeness (QED) is 0.708. The molecule has 0 aliphatic rings. The van der Waals surface area contributed by atoms with Crippen molar-refractivity contribution in [2.75, 3.05) is 0 Å². The molecule has 0 aliphatic carbocycles. The highest BCUT2D eigenvalue weighted by Gasteiger charge is 2.11. The molecule has 102 valence electrons. The van der Waals surface area contributed by atoms with Crippen LogP contribution in [0, 0.1) is 6.92 Å². The van der Waals surface area contributed by atoms with Gasteiger partial charge >= 0.3 is 6.01 Å². The lowest BCUT2D eigenvalue weighted by Gasteiger charge is -2.05. The summed E-state index contributed by atoms with van der Waals surface area (Å²) in [4.78, 5) is 15.8. The van der Waals surface area contributed by atoms with Gasteiger partial charge in [-0.2, -0.15) is 29.8 Å². The minimum absolute atomic E-state index is 0.000565. The van der Waals surface area contributed by atoms with E-state index < -0.39 is 0 Å². The summed E-state index contributed by atoms with van der Waals surface area (Å²) in [7, 11) is 1.75. The fraction of sp³-hybridized carbons (Fsp3) is 0.200. The number of nitrogens with zero attached hydrogens (tertiary/aromatic N) is 8. The van der Waals surface area contributed by atoms with Crippen LogP contribution in [0.1, 0.15) is 5.69 Å². The molecule has 0 spiro atoms. The average molecular weight is 293 g/mol. The summed E-state index contributed by atoms with van der Waals surface area (Å²) < 4.78 is 8.47. The van der Waals surface area contributed by atoms with Gasteiger partial charge in [0.2, 0.25) is 11.2 Å². The zero-order valence-corrected chi connectivity index (χ0v) is 11.4. The third-order valence-electron chi connectivity index (χ3n) is 2.35. The fourth-order valence-electron chi connectivity index (χ4n) is 1.56. The van der Waals surface area contributed by atoms with Crippen molar-refractivity contribution in [3.63, 3.8) is 0 Å². The van der Waals surface area contributed by atoms with E-state index in [4.69, 9.17) is 16.3 Å². The van der Waals surface area contributed by atoms with Crippen molar-refractivity contribution in [2.24, 2.45) is 7.05 Å².